The molecule has 0 radical (unpaired) electrons. The summed E-state index contributed by atoms with van der Waals surface area (Å²) in [6.07, 6.45) is -10.8. The van der Waals surface area contributed by atoms with Crippen LogP contribution in [0.3, 0.4) is 0 Å². The molecule has 3 atom stereocenters. The van der Waals surface area contributed by atoms with Gasteiger partial charge >= 0.3 is 17.8 Å². The second kappa shape index (κ2) is 7.62. The molecule has 2 aromatic heterocycles. The summed E-state index contributed by atoms with van der Waals surface area (Å²) in [6, 6.07) is 1.57. The van der Waals surface area contributed by atoms with Gasteiger partial charge in [0.05, 0.1) is 23.6 Å². The topological polar surface area (TPSA) is 141 Å². The number of aliphatic hydroxyl groups is 2. The molecule has 1 aliphatic heterocycles. The maximum Gasteiger partial charge on any atom is 0.434 e. The number of nitrogens with two attached hydrogens (primary N) is 1. The number of aryl methyl sites for hydroxylation is 1. The zero-order valence-corrected chi connectivity index (χ0v) is 15.6. The van der Waals surface area contributed by atoms with E-state index in [1.54, 1.807) is 0 Å². The number of amides is 1. The molecule has 3 heterocycles. The van der Waals surface area contributed by atoms with Crippen LogP contribution in [-0.2, 0) is 10.9 Å². The highest BCUT2D eigenvalue weighted by Crippen LogP contribution is 2.42. The third-order valence-corrected chi connectivity index (χ3v) is 4.67. The highest BCUT2D eigenvalue weighted by molar-refractivity contribution is 5.95. The maximum absolute atomic E-state index is 14.3. The molecule has 4 N–H and O–H groups in total. The van der Waals surface area contributed by atoms with Crippen molar-refractivity contribution in [2.75, 3.05) is 6.61 Å². The first-order valence-electron chi connectivity index (χ1n) is 8.59. The fourth-order valence-electron chi connectivity index (χ4n) is 3.13. The average Bonchev–Trinajstić information content (AvgIpc) is 2.89. The van der Waals surface area contributed by atoms with Crippen molar-refractivity contribution in [3.05, 3.63) is 45.8 Å². The van der Waals surface area contributed by atoms with Gasteiger partial charge in [-0.05, 0) is 19.1 Å². The van der Waals surface area contributed by atoms with Crippen molar-refractivity contribution in [3.63, 3.8) is 0 Å². The molecule has 0 aromatic carbocycles. The van der Waals surface area contributed by atoms with E-state index in [0.29, 0.717) is 6.20 Å². The fraction of sp³-hybridized carbons (Fsp3) is 0.412. The van der Waals surface area contributed by atoms with Crippen molar-refractivity contribution in [1.29, 1.82) is 0 Å². The lowest BCUT2D eigenvalue weighted by atomic mass is 10.0. The minimum absolute atomic E-state index is 0.270. The monoisotopic (exact) mass is 450 g/mol. The van der Waals surface area contributed by atoms with Crippen molar-refractivity contribution < 1.29 is 41.7 Å². The zero-order valence-electron chi connectivity index (χ0n) is 15.6. The van der Waals surface area contributed by atoms with Gasteiger partial charge in [0.15, 0.2) is 11.8 Å². The number of aliphatic hydroxyl groups excluding tert-OH is 2. The third-order valence-electron chi connectivity index (χ3n) is 4.67. The van der Waals surface area contributed by atoms with Gasteiger partial charge in [-0.25, -0.2) is 9.78 Å². The Kier molecular flexibility index (Phi) is 5.58. The molecule has 0 unspecified atom stereocenters. The Bertz CT molecular complexity index is 1090. The molecule has 0 spiro atoms. The second-order valence-electron chi connectivity index (χ2n) is 6.71. The standard InChI is InChI=1S/C17H15F5N4O5/c1-6-7(13(23)29)4-8(11(24-6)17(20,21)22)9-2-3-26(15(30)25-9)14-16(18,19)12(28)10(5-27)31-14/h2-4,10,12,14,27-28H,5H2,1H3,(H2,23,29)/t10-,12-,14-/m1/s1. The molecule has 14 heteroatoms. The van der Waals surface area contributed by atoms with Crippen LogP contribution in [0.25, 0.3) is 11.3 Å². The number of pyridine rings is 1. The number of hydrogen-bond acceptors (Lipinski definition) is 7. The molecule has 1 amide bonds. The van der Waals surface area contributed by atoms with Crippen LogP contribution in [-0.4, -0.2) is 55.4 Å². The molecule has 0 bridgehead atoms. The van der Waals surface area contributed by atoms with Crippen LogP contribution in [0.15, 0.2) is 23.1 Å². The molecule has 0 aliphatic carbocycles. The van der Waals surface area contributed by atoms with Gasteiger partial charge in [-0.3, -0.25) is 9.36 Å². The molecule has 31 heavy (non-hydrogen) atoms. The number of carbonyl (C=O) groups is 1. The van der Waals surface area contributed by atoms with Gasteiger partial charge < -0.3 is 20.7 Å². The van der Waals surface area contributed by atoms with E-state index in [-0.39, 0.29) is 15.8 Å². The van der Waals surface area contributed by atoms with E-state index in [4.69, 9.17) is 15.6 Å². The quantitative estimate of drug-likeness (QED) is 0.580. The van der Waals surface area contributed by atoms with Gasteiger partial charge in [0.2, 0.25) is 6.23 Å². The van der Waals surface area contributed by atoms with E-state index < -0.39 is 65.7 Å². The van der Waals surface area contributed by atoms with Crippen LogP contribution in [0.2, 0.25) is 0 Å². The third kappa shape index (κ3) is 3.88. The van der Waals surface area contributed by atoms with Crippen molar-refractivity contribution >= 4 is 5.91 Å². The van der Waals surface area contributed by atoms with Gasteiger partial charge in [0, 0.05) is 11.8 Å². The van der Waals surface area contributed by atoms with E-state index in [2.05, 4.69) is 9.97 Å². The summed E-state index contributed by atoms with van der Waals surface area (Å²) in [4.78, 5) is 30.6. The predicted molar refractivity (Wildman–Crippen MR) is 91.9 cm³/mol. The number of aromatic nitrogens is 3. The lowest BCUT2D eigenvalue weighted by molar-refractivity contribution is -0.141. The zero-order chi connectivity index (χ0) is 23.3. The fourth-order valence-corrected chi connectivity index (χ4v) is 3.13. The molecular weight excluding hydrogens is 435 g/mol. The minimum Gasteiger partial charge on any atom is -0.394 e. The molecule has 1 fully saturated rings. The summed E-state index contributed by atoms with van der Waals surface area (Å²) in [6.45, 7) is 0.167. The Hall–Kier alpha value is -2.97. The second-order valence-corrected chi connectivity index (χ2v) is 6.71. The van der Waals surface area contributed by atoms with E-state index >= 15 is 0 Å². The summed E-state index contributed by atoms with van der Waals surface area (Å²) < 4.78 is 73.9. The largest absolute Gasteiger partial charge is 0.434 e. The van der Waals surface area contributed by atoms with Crippen LogP contribution < -0.4 is 11.4 Å². The van der Waals surface area contributed by atoms with Crippen molar-refractivity contribution in [3.8, 4) is 11.3 Å². The maximum atomic E-state index is 14.3. The molecule has 168 valence electrons. The summed E-state index contributed by atoms with van der Waals surface area (Å²) in [7, 11) is 0. The molecule has 1 aliphatic rings. The lowest BCUT2D eigenvalue weighted by Crippen LogP contribution is -2.41. The number of nitrogens with zero attached hydrogens (tertiary/aromatic N) is 3. The smallest absolute Gasteiger partial charge is 0.394 e. The molecular formula is C17H15F5N4O5. The van der Waals surface area contributed by atoms with Crippen molar-refractivity contribution in [2.45, 2.75) is 37.5 Å². The molecule has 3 rings (SSSR count). The highest BCUT2D eigenvalue weighted by atomic mass is 19.4. The molecule has 2 aromatic rings. The summed E-state index contributed by atoms with van der Waals surface area (Å²) in [5, 5.41) is 18.6. The number of hydrogen-bond donors (Lipinski definition) is 3. The first kappa shape index (κ1) is 22.7. The Morgan fingerprint density at radius 1 is 1.35 bits per heavy atom. The van der Waals surface area contributed by atoms with E-state index in [0.717, 1.165) is 19.1 Å². The number of carbonyl (C=O) groups excluding carboxylic acids is 1. The Morgan fingerprint density at radius 2 is 2.00 bits per heavy atom. The van der Waals surface area contributed by atoms with Crippen LogP contribution in [0, 0.1) is 6.92 Å². The first-order valence-corrected chi connectivity index (χ1v) is 8.59. The van der Waals surface area contributed by atoms with E-state index in [1.807, 2.05) is 0 Å². The van der Waals surface area contributed by atoms with Gasteiger partial charge in [-0.1, -0.05) is 0 Å². The number of halogens is 5. The lowest BCUT2D eigenvalue weighted by Gasteiger charge is -2.21. The Morgan fingerprint density at radius 3 is 2.48 bits per heavy atom. The van der Waals surface area contributed by atoms with Crippen LogP contribution in [0.4, 0.5) is 22.0 Å². The summed E-state index contributed by atoms with van der Waals surface area (Å²) >= 11 is 0. The summed E-state index contributed by atoms with van der Waals surface area (Å²) in [5.41, 5.74) is 0.221. The number of ether oxygens (including phenoxy) is 1. The molecule has 9 nitrogen and oxygen atoms in total. The number of primary amides is 1. The average molecular weight is 450 g/mol. The molecule has 1 saturated heterocycles. The van der Waals surface area contributed by atoms with Crippen LogP contribution in [0.5, 0.6) is 0 Å². The Labute approximate surface area is 169 Å². The van der Waals surface area contributed by atoms with E-state index in [9.17, 15) is 36.6 Å². The first-order chi connectivity index (χ1) is 14.3. The Balaban J connectivity index is 2.13. The van der Waals surface area contributed by atoms with Crippen LogP contribution >= 0.6 is 0 Å². The highest BCUT2D eigenvalue weighted by Gasteiger charge is 2.59. The molecule has 0 saturated carbocycles. The van der Waals surface area contributed by atoms with Crippen molar-refractivity contribution in [1.82, 2.24) is 14.5 Å². The van der Waals surface area contributed by atoms with Gasteiger partial charge in [-0.2, -0.15) is 26.9 Å². The minimum atomic E-state index is -4.99. The van der Waals surface area contributed by atoms with Gasteiger partial charge in [0.1, 0.15) is 6.10 Å². The number of alkyl halides is 5. The van der Waals surface area contributed by atoms with Gasteiger partial charge in [0.25, 0.3) is 5.91 Å². The van der Waals surface area contributed by atoms with E-state index in [1.165, 1.54) is 0 Å². The summed E-state index contributed by atoms with van der Waals surface area (Å²) in [5.74, 6) is -5.07. The normalized spacial score (nSPS) is 23.2. The van der Waals surface area contributed by atoms with Crippen molar-refractivity contribution in [2.24, 2.45) is 5.73 Å². The van der Waals surface area contributed by atoms with Gasteiger partial charge in [-0.15, -0.1) is 0 Å². The van der Waals surface area contributed by atoms with Crippen LogP contribution in [0.1, 0.15) is 28.0 Å². The predicted octanol–water partition coefficient (Wildman–Crippen LogP) is 0.617. The number of rotatable bonds is 4. The SMILES string of the molecule is Cc1nc(C(F)(F)F)c(-c2ccn([C@@H]3O[C@H](CO)[C@@H](O)C3(F)F)c(=O)n2)cc1C(N)=O.